The number of aliphatic hydroxyl groups is 1. The van der Waals surface area contributed by atoms with Crippen molar-refractivity contribution in [1.82, 2.24) is 5.32 Å². The van der Waals surface area contributed by atoms with Crippen molar-refractivity contribution < 1.29 is 18.7 Å². The fourth-order valence-corrected chi connectivity index (χ4v) is 1.09. The van der Waals surface area contributed by atoms with Crippen LogP contribution in [0.2, 0.25) is 0 Å². The van der Waals surface area contributed by atoms with Gasteiger partial charge >= 0.3 is 6.43 Å². The maximum Gasteiger partial charge on any atom is 0.315 e. The van der Waals surface area contributed by atoms with Crippen LogP contribution in [-0.2, 0) is 4.79 Å². The van der Waals surface area contributed by atoms with Crippen LogP contribution in [0, 0.1) is 0 Å². The van der Waals surface area contributed by atoms with Crippen molar-refractivity contribution in [1.29, 1.82) is 0 Å². The molecule has 1 fully saturated rings. The summed E-state index contributed by atoms with van der Waals surface area (Å²) in [6.07, 6.45) is -0.942. The third kappa shape index (κ3) is 2.14. The molecule has 0 unspecified atom stereocenters. The van der Waals surface area contributed by atoms with Crippen LogP contribution in [0.1, 0.15) is 19.3 Å². The van der Waals surface area contributed by atoms with E-state index in [-0.39, 0.29) is 6.54 Å². The smallest absolute Gasteiger partial charge is 0.315 e. The highest BCUT2D eigenvalue weighted by Gasteiger charge is 2.35. The second-order valence-corrected chi connectivity index (χ2v) is 3.10. The van der Waals surface area contributed by atoms with Crippen LogP contribution in [0.4, 0.5) is 8.78 Å². The van der Waals surface area contributed by atoms with Gasteiger partial charge in [-0.15, -0.1) is 0 Å². The van der Waals surface area contributed by atoms with Crippen LogP contribution >= 0.6 is 0 Å². The van der Waals surface area contributed by atoms with E-state index in [1.165, 1.54) is 0 Å². The van der Waals surface area contributed by atoms with E-state index in [1.54, 1.807) is 0 Å². The molecule has 2 N–H and O–H groups in total. The third-order valence-corrected chi connectivity index (χ3v) is 2.07. The first-order valence-electron chi connectivity index (χ1n) is 3.82. The minimum absolute atomic E-state index is 0.0594. The van der Waals surface area contributed by atoms with Crippen LogP contribution < -0.4 is 5.32 Å². The monoisotopic (exact) mass is 179 g/mol. The largest absolute Gasteiger partial charge is 0.388 e. The zero-order valence-electron chi connectivity index (χ0n) is 6.52. The summed E-state index contributed by atoms with van der Waals surface area (Å²) < 4.78 is 23.3. The van der Waals surface area contributed by atoms with E-state index < -0.39 is 17.9 Å². The van der Waals surface area contributed by atoms with Gasteiger partial charge in [0.2, 0.25) is 0 Å². The van der Waals surface area contributed by atoms with Crippen molar-refractivity contribution in [2.45, 2.75) is 31.3 Å². The molecule has 12 heavy (non-hydrogen) atoms. The van der Waals surface area contributed by atoms with E-state index in [4.69, 9.17) is 0 Å². The van der Waals surface area contributed by atoms with Crippen molar-refractivity contribution in [2.75, 3.05) is 6.54 Å². The molecule has 5 heteroatoms. The average molecular weight is 179 g/mol. The number of hydrogen-bond acceptors (Lipinski definition) is 2. The van der Waals surface area contributed by atoms with Gasteiger partial charge in [-0.05, 0) is 19.3 Å². The van der Waals surface area contributed by atoms with Crippen molar-refractivity contribution in [3.8, 4) is 0 Å². The normalized spacial score (nSPS) is 20.3. The molecule has 3 nitrogen and oxygen atoms in total. The Hall–Kier alpha value is -0.710. The lowest BCUT2D eigenvalue weighted by Crippen LogP contribution is -2.48. The number of alkyl halides is 2. The van der Waals surface area contributed by atoms with Crippen molar-refractivity contribution in [3.63, 3.8) is 0 Å². The lowest BCUT2D eigenvalue weighted by Gasteiger charge is -2.36. The van der Waals surface area contributed by atoms with Crippen molar-refractivity contribution in [2.24, 2.45) is 0 Å². The Bertz CT molecular complexity index is 180. The fraction of sp³-hybridized carbons (Fsp3) is 0.857. The second kappa shape index (κ2) is 3.35. The highest BCUT2D eigenvalue weighted by molar-refractivity contribution is 5.79. The van der Waals surface area contributed by atoms with E-state index in [1.807, 2.05) is 5.32 Å². The molecule has 0 radical (unpaired) electrons. The molecule has 0 aromatic rings. The number of nitrogens with one attached hydrogen (secondary N) is 1. The maximum atomic E-state index is 11.6. The van der Waals surface area contributed by atoms with Gasteiger partial charge in [-0.2, -0.15) is 8.78 Å². The average Bonchev–Trinajstić information content (AvgIpc) is 1.96. The molecule has 0 aromatic heterocycles. The summed E-state index contributed by atoms with van der Waals surface area (Å²) in [6.45, 7) is -0.0594. The van der Waals surface area contributed by atoms with Gasteiger partial charge in [0.1, 0.15) is 0 Å². The van der Waals surface area contributed by atoms with Gasteiger partial charge < -0.3 is 10.4 Å². The molecule has 0 saturated heterocycles. The lowest BCUT2D eigenvalue weighted by molar-refractivity contribution is -0.134. The van der Waals surface area contributed by atoms with E-state index >= 15 is 0 Å². The zero-order valence-corrected chi connectivity index (χ0v) is 6.52. The van der Waals surface area contributed by atoms with Crippen LogP contribution in [0.5, 0.6) is 0 Å². The number of carbonyl (C=O) groups excluding carboxylic acids is 1. The fourth-order valence-electron chi connectivity index (χ4n) is 1.09. The molecule has 0 bridgehead atoms. The Balaban J connectivity index is 2.21. The first-order chi connectivity index (χ1) is 5.53. The summed E-state index contributed by atoms with van der Waals surface area (Å²) in [6, 6.07) is 0. The molecule has 1 saturated carbocycles. The molecule has 0 aliphatic heterocycles. The van der Waals surface area contributed by atoms with Crippen molar-refractivity contribution >= 4 is 5.91 Å². The quantitative estimate of drug-likeness (QED) is 0.653. The minimum atomic E-state index is -2.99. The highest BCUT2D eigenvalue weighted by Crippen LogP contribution is 2.30. The number of halogens is 2. The van der Waals surface area contributed by atoms with Gasteiger partial charge in [0.25, 0.3) is 5.91 Å². The predicted molar refractivity (Wildman–Crippen MR) is 37.8 cm³/mol. The topological polar surface area (TPSA) is 49.3 Å². The van der Waals surface area contributed by atoms with E-state index in [9.17, 15) is 18.7 Å². The van der Waals surface area contributed by atoms with Gasteiger partial charge in [0.05, 0.1) is 5.60 Å². The van der Waals surface area contributed by atoms with Crippen LogP contribution in [0.3, 0.4) is 0 Å². The Morgan fingerprint density at radius 3 is 2.50 bits per heavy atom. The Kier molecular flexibility index (Phi) is 2.62. The van der Waals surface area contributed by atoms with Crippen LogP contribution in [0.15, 0.2) is 0 Å². The first-order valence-corrected chi connectivity index (χ1v) is 3.82. The molecular weight excluding hydrogens is 168 g/mol. The first kappa shape index (κ1) is 9.38. The summed E-state index contributed by atoms with van der Waals surface area (Å²) in [5, 5.41) is 11.4. The van der Waals surface area contributed by atoms with E-state index in [2.05, 4.69) is 0 Å². The maximum absolute atomic E-state index is 11.6. The summed E-state index contributed by atoms with van der Waals surface area (Å²) >= 11 is 0. The Labute approximate surface area is 68.8 Å². The molecule has 0 spiro atoms. The second-order valence-electron chi connectivity index (χ2n) is 3.10. The van der Waals surface area contributed by atoms with E-state index in [0.29, 0.717) is 12.8 Å². The number of hydrogen-bond donors (Lipinski definition) is 2. The van der Waals surface area contributed by atoms with Gasteiger partial charge in [-0.25, -0.2) is 0 Å². The SMILES string of the molecule is O=C(NCC1(O)CCC1)C(F)F. The highest BCUT2D eigenvalue weighted by atomic mass is 19.3. The zero-order chi connectivity index (χ0) is 9.19. The third-order valence-electron chi connectivity index (χ3n) is 2.07. The minimum Gasteiger partial charge on any atom is -0.388 e. The molecule has 1 aliphatic rings. The summed E-state index contributed by atoms with van der Waals surface area (Å²) in [4.78, 5) is 10.4. The standard InChI is InChI=1S/C7H11F2NO2/c8-5(9)6(11)10-4-7(12)2-1-3-7/h5,12H,1-4H2,(H,10,11). The van der Waals surface area contributed by atoms with Gasteiger partial charge in [0.15, 0.2) is 0 Å². The summed E-state index contributed by atoms with van der Waals surface area (Å²) in [5.41, 5.74) is -0.926. The molecule has 70 valence electrons. The Morgan fingerprint density at radius 1 is 1.58 bits per heavy atom. The number of carbonyl (C=O) groups is 1. The lowest BCUT2D eigenvalue weighted by atomic mass is 9.80. The molecule has 1 amide bonds. The summed E-state index contributed by atoms with van der Waals surface area (Å²) in [7, 11) is 0. The van der Waals surface area contributed by atoms with Crippen molar-refractivity contribution in [3.05, 3.63) is 0 Å². The number of amides is 1. The van der Waals surface area contributed by atoms with Gasteiger partial charge in [-0.3, -0.25) is 4.79 Å². The molecule has 1 aliphatic carbocycles. The van der Waals surface area contributed by atoms with E-state index in [0.717, 1.165) is 6.42 Å². The molecule has 0 atom stereocenters. The summed E-state index contributed by atoms with van der Waals surface area (Å²) in [5.74, 6) is -1.31. The predicted octanol–water partition coefficient (Wildman–Crippen LogP) is 0.283. The molecular formula is C7H11F2NO2. The Morgan fingerprint density at radius 2 is 2.17 bits per heavy atom. The molecule has 0 heterocycles. The van der Waals surface area contributed by atoms with Gasteiger partial charge in [-0.1, -0.05) is 0 Å². The van der Waals surface area contributed by atoms with Gasteiger partial charge in [0, 0.05) is 6.54 Å². The molecule has 1 rings (SSSR count). The van der Waals surface area contributed by atoms with Crippen LogP contribution in [0.25, 0.3) is 0 Å². The van der Waals surface area contributed by atoms with Crippen LogP contribution in [-0.4, -0.2) is 29.6 Å². The number of rotatable bonds is 3. The molecule has 0 aromatic carbocycles.